The number of para-hydroxylation sites is 2. The van der Waals surface area contributed by atoms with Crippen molar-refractivity contribution in [1.29, 1.82) is 0 Å². The maximum absolute atomic E-state index is 13.3. The summed E-state index contributed by atoms with van der Waals surface area (Å²) >= 11 is 0. The Morgan fingerprint density at radius 2 is 1.56 bits per heavy atom. The third-order valence-electron chi connectivity index (χ3n) is 6.81. The van der Waals surface area contributed by atoms with Gasteiger partial charge in [0.1, 0.15) is 5.75 Å². The van der Waals surface area contributed by atoms with Crippen LogP contribution in [0.3, 0.4) is 0 Å². The second-order valence-electron chi connectivity index (χ2n) is 9.50. The third-order valence-corrected chi connectivity index (χ3v) is 6.81. The number of benzene rings is 3. The van der Waals surface area contributed by atoms with E-state index in [4.69, 9.17) is 9.47 Å². The molecular formula is C31H38N4O4. The van der Waals surface area contributed by atoms with Gasteiger partial charge in [0, 0.05) is 62.9 Å². The summed E-state index contributed by atoms with van der Waals surface area (Å²) in [5, 5.41) is 5.97. The fraction of sp³-hybridized carbons (Fsp3) is 0.355. The summed E-state index contributed by atoms with van der Waals surface area (Å²) in [6.07, 6.45) is 0.732. The highest BCUT2D eigenvalue weighted by atomic mass is 16.5. The Hall–Kier alpha value is -4.04. The molecule has 1 aliphatic rings. The number of hydrogen-bond donors (Lipinski definition) is 2. The molecule has 1 heterocycles. The smallest absolute Gasteiger partial charge is 0.255 e. The van der Waals surface area contributed by atoms with E-state index in [1.54, 1.807) is 25.3 Å². The van der Waals surface area contributed by atoms with Gasteiger partial charge in [-0.1, -0.05) is 29.8 Å². The van der Waals surface area contributed by atoms with Crippen molar-refractivity contribution in [3.63, 3.8) is 0 Å². The summed E-state index contributed by atoms with van der Waals surface area (Å²) in [6.45, 7) is 8.78. The number of ether oxygens (including phenoxy) is 2. The summed E-state index contributed by atoms with van der Waals surface area (Å²) < 4.78 is 10.9. The molecule has 8 heteroatoms. The van der Waals surface area contributed by atoms with Gasteiger partial charge < -0.3 is 29.9 Å². The average Bonchev–Trinajstić information content (AvgIpc) is 2.97. The summed E-state index contributed by atoms with van der Waals surface area (Å²) in [4.78, 5) is 30.7. The minimum absolute atomic E-state index is 0.167. The molecule has 206 valence electrons. The van der Waals surface area contributed by atoms with Gasteiger partial charge in [0.25, 0.3) is 11.8 Å². The zero-order valence-electron chi connectivity index (χ0n) is 23.0. The van der Waals surface area contributed by atoms with Crippen LogP contribution in [0, 0.1) is 6.92 Å². The molecule has 3 aromatic rings. The SMILES string of the molecule is CCOCCCNC(=O)c1cc(NC(=O)c2ccc(C)cc2)ccc1N1CCN(c2ccccc2OC)CC1. The van der Waals surface area contributed by atoms with Crippen molar-refractivity contribution in [3.8, 4) is 5.75 Å². The lowest BCUT2D eigenvalue weighted by Crippen LogP contribution is -2.47. The normalized spacial score (nSPS) is 13.2. The number of piperazine rings is 1. The third kappa shape index (κ3) is 7.29. The van der Waals surface area contributed by atoms with E-state index in [1.807, 2.05) is 56.3 Å². The Labute approximate surface area is 230 Å². The lowest BCUT2D eigenvalue weighted by atomic mass is 10.1. The zero-order chi connectivity index (χ0) is 27.6. The first kappa shape index (κ1) is 28.0. The van der Waals surface area contributed by atoms with Crippen LogP contribution in [-0.2, 0) is 4.74 Å². The fourth-order valence-corrected chi connectivity index (χ4v) is 4.67. The van der Waals surface area contributed by atoms with Gasteiger partial charge >= 0.3 is 0 Å². The van der Waals surface area contributed by atoms with Gasteiger partial charge in [0.15, 0.2) is 0 Å². The van der Waals surface area contributed by atoms with Gasteiger partial charge in [-0.2, -0.15) is 0 Å². The quantitative estimate of drug-likeness (QED) is 0.349. The van der Waals surface area contributed by atoms with Gasteiger partial charge in [-0.15, -0.1) is 0 Å². The highest BCUT2D eigenvalue weighted by Crippen LogP contribution is 2.31. The molecule has 0 atom stereocenters. The van der Waals surface area contributed by atoms with E-state index >= 15 is 0 Å². The Balaban J connectivity index is 1.51. The number of rotatable bonds is 11. The van der Waals surface area contributed by atoms with Crippen LogP contribution in [0.15, 0.2) is 66.7 Å². The molecule has 4 rings (SSSR count). The monoisotopic (exact) mass is 530 g/mol. The highest BCUT2D eigenvalue weighted by molar-refractivity contribution is 6.06. The number of methoxy groups -OCH3 is 1. The largest absolute Gasteiger partial charge is 0.495 e. The molecule has 0 aromatic heterocycles. The molecule has 0 radical (unpaired) electrons. The number of anilines is 3. The molecule has 1 fully saturated rings. The van der Waals surface area contributed by atoms with Crippen molar-refractivity contribution >= 4 is 28.9 Å². The van der Waals surface area contributed by atoms with Crippen molar-refractivity contribution in [3.05, 3.63) is 83.4 Å². The van der Waals surface area contributed by atoms with Crippen molar-refractivity contribution < 1.29 is 19.1 Å². The molecule has 0 aliphatic carbocycles. The average molecular weight is 531 g/mol. The molecule has 8 nitrogen and oxygen atoms in total. The van der Waals surface area contributed by atoms with Crippen LogP contribution in [0.1, 0.15) is 39.6 Å². The van der Waals surface area contributed by atoms with E-state index in [9.17, 15) is 9.59 Å². The van der Waals surface area contributed by atoms with E-state index in [0.29, 0.717) is 36.6 Å². The number of nitrogens with zero attached hydrogens (tertiary/aromatic N) is 2. The molecule has 0 spiro atoms. The van der Waals surface area contributed by atoms with E-state index < -0.39 is 0 Å². The molecular weight excluding hydrogens is 492 g/mol. The molecule has 3 aromatic carbocycles. The molecule has 39 heavy (non-hydrogen) atoms. The number of aryl methyl sites for hydroxylation is 1. The minimum Gasteiger partial charge on any atom is -0.495 e. The molecule has 0 saturated carbocycles. The van der Waals surface area contributed by atoms with Crippen molar-refractivity contribution in [2.75, 3.05) is 68.2 Å². The lowest BCUT2D eigenvalue weighted by Gasteiger charge is -2.38. The minimum atomic E-state index is -0.212. The number of amides is 2. The predicted octanol–water partition coefficient (Wildman–Crippen LogP) is 4.74. The first-order chi connectivity index (χ1) is 19.0. The lowest BCUT2D eigenvalue weighted by molar-refractivity contribution is 0.0943. The molecule has 2 N–H and O–H groups in total. The Bertz CT molecular complexity index is 1250. The van der Waals surface area contributed by atoms with Crippen molar-refractivity contribution in [2.45, 2.75) is 20.3 Å². The number of nitrogens with one attached hydrogen (secondary N) is 2. The summed E-state index contributed by atoms with van der Waals surface area (Å²) in [7, 11) is 1.69. The summed E-state index contributed by atoms with van der Waals surface area (Å²) in [5.74, 6) is 0.475. The first-order valence-corrected chi connectivity index (χ1v) is 13.5. The van der Waals surface area contributed by atoms with Crippen LogP contribution in [-0.4, -0.2) is 64.9 Å². The Kier molecular flexibility index (Phi) is 9.80. The van der Waals surface area contributed by atoms with Gasteiger partial charge in [-0.05, 0) is 62.7 Å². The van der Waals surface area contributed by atoms with E-state index in [-0.39, 0.29) is 11.8 Å². The van der Waals surface area contributed by atoms with Gasteiger partial charge in [0.2, 0.25) is 0 Å². The van der Waals surface area contributed by atoms with Crippen LogP contribution in [0.2, 0.25) is 0 Å². The summed E-state index contributed by atoms with van der Waals surface area (Å²) in [5.41, 5.74) is 4.70. The second kappa shape index (κ2) is 13.7. The molecule has 2 amide bonds. The Morgan fingerprint density at radius 3 is 2.26 bits per heavy atom. The number of carbonyl (C=O) groups excluding carboxylic acids is 2. The van der Waals surface area contributed by atoms with Gasteiger partial charge in [-0.3, -0.25) is 9.59 Å². The zero-order valence-corrected chi connectivity index (χ0v) is 23.0. The maximum atomic E-state index is 13.3. The van der Waals surface area contributed by atoms with Crippen LogP contribution in [0.5, 0.6) is 5.75 Å². The van der Waals surface area contributed by atoms with Crippen LogP contribution in [0.4, 0.5) is 17.1 Å². The number of hydrogen-bond acceptors (Lipinski definition) is 6. The van der Waals surface area contributed by atoms with Gasteiger partial charge in [-0.25, -0.2) is 0 Å². The number of carbonyl (C=O) groups is 2. The van der Waals surface area contributed by atoms with Crippen molar-refractivity contribution in [2.24, 2.45) is 0 Å². The van der Waals surface area contributed by atoms with E-state index in [2.05, 4.69) is 26.5 Å². The Morgan fingerprint density at radius 1 is 0.872 bits per heavy atom. The second-order valence-corrected chi connectivity index (χ2v) is 9.50. The predicted molar refractivity (Wildman–Crippen MR) is 156 cm³/mol. The fourth-order valence-electron chi connectivity index (χ4n) is 4.67. The molecule has 1 saturated heterocycles. The molecule has 1 aliphatic heterocycles. The van der Waals surface area contributed by atoms with E-state index in [0.717, 1.165) is 55.3 Å². The highest BCUT2D eigenvalue weighted by Gasteiger charge is 2.24. The molecule has 0 unspecified atom stereocenters. The van der Waals surface area contributed by atoms with Crippen LogP contribution < -0.4 is 25.2 Å². The van der Waals surface area contributed by atoms with Crippen molar-refractivity contribution in [1.82, 2.24) is 5.32 Å². The maximum Gasteiger partial charge on any atom is 0.255 e. The standard InChI is InChI=1S/C31H38N4O4/c1-4-39-21-7-16-32-31(37)26-22-25(33-30(36)24-12-10-23(2)11-13-24)14-15-27(26)34-17-19-35(20-18-34)28-8-5-6-9-29(28)38-3/h5-6,8-15,22H,4,7,16-21H2,1-3H3,(H,32,37)(H,33,36). The summed E-state index contributed by atoms with van der Waals surface area (Å²) in [6, 6.07) is 21.0. The van der Waals surface area contributed by atoms with Gasteiger partial charge in [0.05, 0.1) is 18.4 Å². The van der Waals surface area contributed by atoms with Crippen LogP contribution >= 0.6 is 0 Å². The van der Waals surface area contributed by atoms with E-state index in [1.165, 1.54) is 0 Å². The topological polar surface area (TPSA) is 83.1 Å². The van der Waals surface area contributed by atoms with Crippen LogP contribution in [0.25, 0.3) is 0 Å². The molecule has 0 bridgehead atoms. The first-order valence-electron chi connectivity index (χ1n) is 13.5.